The van der Waals surface area contributed by atoms with Crippen molar-refractivity contribution in [1.29, 1.82) is 0 Å². The second-order valence-electron chi connectivity index (χ2n) is 7.58. The molecule has 1 aliphatic heterocycles. The SMILES string of the molecule is Cn1c(=O)n(Cc2ccc(F)cc2)c(=O)c2c1nc1n2CCCN1c1ccc(Cl)cc1. The molecule has 0 atom stereocenters. The predicted molar refractivity (Wildman–Crippen MR) is 118 cm³/mol. The number of anilines is 2. The van der Waals surface area contributed by atoms with Crippen LogP contribution in [-0.4, -0.2) is 25.2 Å². The van der Waals surface area contributed by atoms with Crippen LogP contribution in [0.25, 0.3) is 11.2 Å². The van der Waals surface area contributed by atoms with Gasteiger partial charge in [-0.05, 0) is 48.4 Å². The van der Waals surface area contributed by atoms with E-state index in [2.05, 4.69) is 4.98 Å². The summed E-state index contributed by atoms with van der Waals surface area (Å²) in [6.07, 6.45) is 0.821. The molecular weight excluding hydrogens is 421 g/mol. The number of benzene rings is 2. The highest BCUT2D eigenvalue weighted by Crippen LogP contribution is 2.31. The van der Waals surface area contributed by atoms with E-state index in [4.69, 9.17) is 11.6 Å². The topological polar surface area (TPSA) is 65.1 Å². The second-order valence-corrected chi connectivity index (χ2v) is 8.01. The average Bonchev–Trinajstić information content (AvgIpc) is 3.17. The molecule has 1 aliphatic rings. The molecule has 2 aromatic carbocycles. The summed E-state index contributed by atoms with van der Waals surface area (Å²) < 4.78 is 17.7. The highest BCUT2D eigenvalue weighted by atomic mass is 35.5. The standard InChI is InChI=1S/C22H19ClFN5O2/c1-26-19-18(20(30)29(22(26)31)13-14-3-7-16(24)8-4-14)28-12-2-11-27(21(28)25-19)17-9-5-15(23)6-10-17/h3-10H,2,11-13H2,1H3. The Bertz CT molecular complexity index is 1400. The van der Waals surface area contributed by atoms with Gasteiger partial charge in [0, 0.05) is 30.8 Å². The second kappa shape index (κ2) is 7.39. The van der Waals surface area contributed by atoms with Crippen LogP contribution < -0.4 is 16.1 Å². The summed E-state index contributed by atoms with van der Waals surface area (Å²) in [6.45, 7) is 1.42. The minimum atomic E-state index is -0.463. The molecule has 0 spiro atoms. The average molecular weight is 440 g/mol. The van der Waals surface area contributed by atoms with Crippen LogP contribution >= 0.6 is 11.6 Å². The van der Waals surface area contributed by atoms with Gasteiger partial charge in [-0.1, -0.05) is 23.7 Å². The highest BCUT2D eigenvalue weighted by molar-refractivity contribution is 6.30. The molecule has 0 radical (unpaired) electrons. The van der Waals surface area contributed by atoms with E-state index in [9.17, 15) is 14.0 Å². The van der Waals surface area contributed by atoms with Crippen LogP contribution in [0.2, 0.25) is 5.02 Å². The summed E-state index contributed by atoms with van der Waals surface area (Å²) in [6, 6.07) is 13.2. The Morgan fingerprint density at radius 1 is 1.03 bits per heavy atom. The Morgan fingerprint density at radius 2 is 1.74 bits per heavy atom. The maximum absolute atomic E-state index is 13.4. The fourth-order valence-corrected chi connectivity index (χ4v) is 4.17. The Balaban J connectivity index is 1.68. The summed E-state index contributed by atoms with van der Waals surface area (Å²) in [7, 11) is 1.61. The molecule has 4 aromatic rings. The van der Waals surface area contributed by atoms with Crippen molar-refractivity contribution in [3.63, 3.8) is 0 Å². The van der Waals surface area contributed by atoms with Gasteiger partial charge < -0.3 is 9.47 Å². The van der Waals surface area contributed by atoms with Crippen LogP contribution in [-0.2, 0) is 20.1 Å². The van der Waals surface area contributed by atoms with Crippen molar-refractivity contribution in [1.82, 2.24) is 18.7 Å². The maximum Gasteiger partial charge on any atom is 0.332 e. The summed E-state index contributed by atoms with van der Waals surface area (Å²) in [5.74, 6) is 0.252. The van der Waals surface area contributed by atoms with Crippen LogP contribution in [0.5, 0.6) is 0 Å². The first-order valence-electron chi connectivity index (χ1n) is 9.91. The molecule has 0 aliphatic carbocycles. The predicted octanol–water partition coefficient (Wildman–Crippen LogP) is 3.28. The van der Waals surface area contributed by atoms with Gasteiger partial charge in [0.15, 0.2) is 11.2 Å². The Kier molecular flexibility index (Phi) is 4.66. The fraction of sp³-hybridized carbons (Fsp3) is 0.227. The molecule has 0 unspecified atom stereocenters. The van der Waals surface area contributed by atoms with Crippen LogP contribution in [0.1, 0.15) is 12.0 Å². The van der Waals surface area contributed by atoms with E-state index >= 15 is 0 Å². The first-order valence-corrected chi connectivity index (χ1v) is 10.3. The number of fused-ring (bicyclic) bond motifs is 3. The molecule has 3 heterocycles. The Labute approximate surface area is 181 Å². The van der Waals surface area contributed by atoms with Gasteiger partial charge in [0.2, 0.25) is 5.95 Å². The van der Waals surface area contributed by atoms with Crippen LogP contribution in [0, 0.1) is 5.82 Å². The van der Waals surface area contributed by atoms with Gasteiger partial charge in [-0.2, -0.15) is 4.98 Å². The molecule has 0 N–H and O–H groups in total. The lowest BCUT2D eigenvalue weighted by atomic mass is 10.2. The van der Waals surface area contributed by atoms with Gasteiger partial charge in [0.25, 0.3) is 5.56 Å². The Morgan fingerprint density at radius 3 is 2.45 bits per heavy atom. The lowest BCUT2D eigenvalue weighted by Gasteiger charge is -2.29. The van der Waals surface area contributed by atoms with Crippen molar-refractivity contribution in [2.75, 3.05) is 11.4 Å². The van der Waals surface area contributed by atoms with Crippen molar-refractivity contribution in [3.05, 3.63) is 85.8 Å². The third-order valence-electron chi connectivity index (χ3n) is 5.61. The van der Waals surface area contributed by atoms with Gasteiger partial charge in [-0.3, -0.25) is 13.9 Å². The minimum Gasteiger partial charge on any atom is -0.312 e. The quantitative estimate of drug-likeness (QED) is 0.491. The van der Waals surface area contributed by atoms with Gasteiger partial charge in [-0.15, -0.1) is 0 Å². The number of nitrogens with zero attached hydrogens (tertiary/aromatic N) is 5. The van der Waals surface area contributed by atoms with Crippen LogP contribution in [0.15, 0.2) is 58.1 Å². The van der Waals surface area contributed by atoms with Crippen molar-refractivity contribution in [2.24, 2.45) is 7.05 Å². The molecule has 0 bridgehead atoms. The fourth-order valence-electron chi connectivity index (χ4n) is 4.04. The minimum absolute atomic E-state index is 0.0587. The number of imidazole rings is 1. The largest absolute Gasteiger partial charge is 0.332 e. The highest BCUT2D eigenvalue weighted by Gasteiger charge is 2.27. The van der Waals surface area contributed by atoms with Crippen molar-refractivity contribution >= 4 is 34.4 Å². The number of hydrogen-bond donors (Lipinski definition) is 0. The third kappa shape index (κ3) is 3.23. The van der Waals surface area contributed by atoms with E-state index in [1.54, 1.807) is 19.2 Å². The lowest BCUT2D eigenvalue weighted by molar-refractivity contribution is 0.597. The molecule has 0 saturated heterocycles. The van der Waals surface area contributed by atoms with Crippen molar-refractivity contribution < 1.29 is 4.39 Å². The van der Waals surface area contributed by atoms with E-state index in [0.717, 1.165) is 18.7 Å². The van der Waals surface area contributed by atoms with Gasteiger partial charge >= 0.3 is 5.69 Å². The molecule has 2 aromatic heterocycles. The zero-order valence-electron chi connectivity index (χ0n) is 16.8. The zero-order chi connectivity index (χ0) is 21.7. The normalized spacial score (nSPS) is 13.6. The molecule has 9 heteroatoms. The first kappa shape index (κ1) is 19.6. The molecule has 31 heavy (non-hydrogen) atoms. The first-order chi connectivity index (χ1) is 14.9. The van der Waals surface area contributed by atoms with E-state index in [0.29, 0.717) is 34.2 Å². The van der Waals surface area contributed by atoms with Crippen molar-refractivity contribution in [3.8, 4) is 0 Å². The monoisotopic (exact) mass is 439 g/mol. The van der Waals surface area contributed by atoms with E-state index in [-0.39, 0.29) is 12.4 Å². The van der Waals surface area contributed by atoms with E-state index < -0.39 is 11.2 Å². The number of rotatable bonds is 3. The third-order valence-corrected chi connectivity index (χ3v) is 5.86. The molecular formula is C22H19ClFN5O2. The lowest BCUT2D eigenvalue weighted by Crippen LogP contribution is -2.40. The van der Waals surface area contributed by atoms with Crippen molar-refractivity contribution in [2.45, 2.75) is 19.5 Å². The summed E-state index contributed by atoms with van der Waals surface area (Å²) >= 11 is 6.02. The summed E-state index contributed by atoms with van der Waals surface area (Å²) in [4.78, 5) is 33.0. The van der Waals surface area contributed by atoms with E-state index in [1.807, 2.05) is 33.7 Å². The van der Waals surface area contributed by atoms with Crippen LogP contribution in [0.4, 0.5) is 16.0 Å². The number of aromatic nitrogens is 4. The summed E-state index contributed by atoms with van der Waals surface area (Å²) in [5, 5.41) is 0.639. The molecule has 158 valence electrons. The maximum atomic E-state index is 13.4. The van der Waals surface area contributed by atoms with Crippen LogP contribution in [0.3, 0.4) is 0 Å². The molecule has 5 rings (SSSR count). The Hall–Kier alpha value is -3.39. The number of halogens is 2. The van der Waals surface area contributed by atoms with Gasteiger partial charge in [-0.25, -0.2) is 9.18 Å². The molecule has 0 amide bonds. The summed E-state index contributed by atoms with van der Waals surface area (Å²) in [5.41, 5.74) is 1.45. The number of hydrogen-bond acceptors (Lipinski definition) is 4. The van der Waals surface area contributed by atoms with E-state index in [1.165, 1.54) is 21.3 Å². The van der Waals surface area contributed by atoms with Gasteiger partial charge in [0.05, 0.1) is 6.54 Å². The number of aryl methyl sites for hydroxylation is 2. The van der Waals surface area contributed by atoms with Gasteiger partial charge in [0.1, 0.15) is 5.82 Å². The zero-order valence-corrected chi connectivity index (χ0v) is 17.5. The smallest absolute Gasteiger partial charge is 0.312 e. The molecule has 7 nitrogen and oxygen atoms in total. The molecule has 0 fully saturated rings. The molecule has 0 saturated carbocycles.